The van der Waals surface area contributed by atoms with Crippen LogP contribution in [0.2, 0.25) is 0 Å². The van der Waals surface area contributed by atoms with E-state index >= 15 is 0 Å². The van der Waals surface area contributed by atoms with Crippen LogP contribution in [0.4, 0.5) is 13.2 Å². The van der Waals surface area contributed by atoms with Crippen molar-refractivity contribution in [2.24, 2.45) is 0 Å². The van der Waals surface area contributed by atoms with Crippen molar-refractivity contribution >= 4 is 23.0 Å². The number of H-pyrrole nitrogens is 1. The van der Waals surface area contributed by atoms with E-state index in [1.165, 1.54) is 12.7 Å². The maximum atomic E-state index is 11.7. The van der Waals surface area contributed by atoms with E-state index in [9.17, 15) is 18.0 Å². The Bertz CT molecular complexity index is 1630. The monoisotopic (exact) mass is 561 g/mol. The Kier molecular flexibility index (Phi) is 9.15. The molecule has 5 rings (SSSR count). The van der Waals surface area contributed by atoms with Gasteiger partial charge in [-0.25, -0.2) is 14.6 Å². The van der Waals surface area contributed by atoms with Crippen molar-refractivity contribution < 1.29 is 32.6 Å². The number of nitrogens with one attached hydrogen (secondary N) is 2. The normalized spacial score (nSPS) is 11.0. The van der Waals surface area contributed by atoms with E-state index in [0.717, 1.165) is 45.7 Å². The molecule has 0 atom stereocenters. The second-order valence-electron chi connectivity index (χ2n) is 8.98. The number of benzene rings is 4. The van der Waals surface area contributed by atoms with E-state index in [1.807, 2.05) is 42.5 Å². The maximum Gasteiger partial charge on any atom is 0.490 e. The number of imidazole rings is 1. The molecule has 0 unspecified atom stereocenters. The number of nitrogens with zero attached hydrogens (tertiary/aromatic N) is 1. The molecule has 1 aromatic heterocycles. The predicted octanol–water partition coefficient (Wildman–Crippen LogP) is 6.61. The topological polar surface area (TPSA) is 104 Å². The van der Waals surface area contributed by atoms with Crippen LogP contribution in [-0.2, 0) is 22.6 Å². The lowest BCUT2D eigenvalue weighted by Crippen LogP contribution is -2.21. The Morgan fingerprint density at radius 2 is 1.41 bits per heavy atom. The van der Waals surface area contributed by atoms with Gasteiger partial charge in [0.25, 0.3) is 0 Å². The summed E-state index contributed by atoms with van der Waals surface area (Å²) in [5, 5.41) is 10.6. The van der Waals surface area contributed by atoms with Gasteiger partial charge in [-0.05, 0) is 58.7 Å². The lowest BCUT2D eigenvalue weighted by Gasteiger charge is -2.09. The van der Waals surface area contributed by atoms with Gasteiger partial charge in [-0.1, -0.05) is 60.7 Å². The van der Waals surface area contributed by atoms with Crippen LogP contribution in [0.25, 0.3) is 33.5 Å². The van der Waals surface area contributed by atoms with Crippen LogP contribution < -0.4 is 5.32 Å². The molecule has 0 saturated heterocycles. The average Bonchev–Trinajstić information content (AvgIpc) is 3.42. The molecule has 3 N–H and O–H groups in total. The van der Waals surface area contributed by atoms with Gasteiger partial charge in [-0.3, -0.25) is 0 Å². The van der Waals surface area contributed by atoms with Gasteiger partial charge in [0.15, 0.2) is 0 Å². The van der Waals surface area contributed by atoms with Gasteiger partial charge < -0.3 is 20.1 Å². The molecular formula is C31H26F3N3O4. The van der Waals surface area contributed by atoms with Gasteiger partial charge in [0.2, 0.25) is 0 Å². The number of carbonyl (C=O) groups excluding carboxylic acids is 1. The van der Waals surface area contributed by atoms with Crippen LogP contribution in [0.1, 0.15) is 21.5 Å². The van der Waals surface area contributed by atoms with E-state index in [0.29, 0.717) is 12.1 Å². The minimum absolute atomic E-state index is 0.320. The van der Waals surface area contributed by atoms with E-state index in [2.05, 4.69) is 58.8 Å². The molecule has 1 heterocycles. The minimum atomic E-state index is -5.08. The van der Waals surface area contributed by atoms with Crippen molar-refractivity contribution in [1.82, 2.24) is 15.3 Å². The Morgan fingerprint density at radius 1 is 0.829 bits per heavy atom. The SMILES string of the molecule is COC(=O)c1cccc(CNCc2cccc(-c3cccc(-c4nc5ccccc5[nH]4)c3)c2)c1.O=C(O)C(F)(F)F. The zero-order valence-corrected chi connectivity index (χ0v) is 21.9. The van der Waals surface area contributed by atoms with Gasteiger partial charge in [0.1, 0.15) is 5.82 Å². The first-order valence-corrected chi connectivity index (χ1v) is 12.5. The fraction of sp³-hybridized carbons (Fsp3) is 0.129. The van der Waals surface area contributed by atoms with Crippen molar-refractivity contribution in [2.45, 2.75) is 19.3 Å². The molecule has 0 aliphatic carbocycles. The van der Waals surface area contributed by atoms with Crippen molar-refractivity contribution in [3.05, 3.63) is 114 Å². The molecule has 0 spiro atoms. The summed E-state index contributed by atoms with van der Waals surface area (Å²) in [6.45, 7) is 1.39. The molecule has 10 heteroatoms. The fourth-order valence-electron chi connectivity index (χ4n) is 4.07. The largest absolute Gasteiger partial charge is 0.490 e. The molecule has 0 amide bonds. The zero-order valence-electron chi connectivity index (χ0n) is 21.9. The molecule has 0 fully saturated rings. The van der Waals surface area contributed by atoms with Crippen molar-refractivity contribution in [3.63, 3.8) is 0 Å². The molecule has 4 aromatic carbocycles. The highest BCUT2D eigenvalue weighted by Gasteiger charge is 2.38. The number of aliphatic carboxylic acids is 1. The summed E-state index contributed by atoms with van der Waals surface area (Å²) in [6, 6.07) is 32.5. The molecule has 0 aliphatic rings. The predicted molar refractivity (Wildman–Crippen MR) is 149 cm³/mol. The first kappa shape index (κ1) is 29.0. The highest BCUT2D eigenvalue weighted by atomic mass is 19.4. The van der Waals surface area contributed by atoms with Crippen LogP contribution in [0.15, 0.2) is 97.1 Å². The van der Waals surface area contributed by atoms with E-state index in [1.54, 1.807) is 6.07 Å². The summed E-state index contributed by atoms with van der Waals surface area (Å²) >= 11 is 0. The number of carbonyl (C=O) groups is 2. The number of hydrogen-bond donors (Lipinski definition) is 3. The van der Waals surface area contributed by atoms with E-state index in [-0.39, 0.29) is 5.97 Å². The summed E-state index contributed by atoms with van der Waals surface area (Å²) in [4.78, 5) is 28.8. The minimum Gasteiger partial charge on any atom is -0.475 e. The molecule has 7 nitrogen and oxygen atoms in total. The summed E-state index contributed by atoms with van der Waals surface area (Å²) in [7, 11) is 1.40. The number of esters is 1. The maximum absolute atomic E-state index is 11.7. The number of halogens is 3. The molecule has 0 saturated carbocycles. The third kappa shape index (κ3) is 7.80. The van der Waals surface area contributed by atoms with Gasteiger partial charge in [0.05, 0.1) is 23.7 Å². The number of fused-ring (bicyclic) bond motifs is 1. The number of rotatable bonds is 7. The van der Waals surface area contributed by atoms with Gasteiger partial charge in [-0.2, -0.15) is 13.2 Å². The van der Waals surface area contributed by atoms with Crippen molar-refractivity contribution in [2.75, 3.05) is 7.11 Å². The number of carboxylic acids is 1. The Labute approximate surface area is 233 Å². The molecule has 0 radical (unpaired) electrons. The zero-order chi connectivity index (χ0) is 29.4. The molecular weight excluding hydrogens is 535 g/mol. The smallest absolute Gasteiger partial charge is 0.475 e. The first-order chi connectivity index (χ1) is 19.6. The molecule has 0 bridgehead atoms. The highest BCUT2D eigenvalue weighted by Crippen LogP contribution is 2.27. The molecule has 0 aliphatic heterocycles. The number of aromatic amines is 1. The fourth-order valence-corrected chi connectivity index (χ4v) is 4.07. The lowest BCUT2D eigenvalue weighted by atomic mass is 10.0. The van der Waals surface area contributed by atoms with Gasteiger partial charge in [-0.15, -0.1) is 0 Å². The summed E-state index contributed by atoms with van der Waals surface area (Å²) in [5.41, 5.74) is 8.15. The first-order valence-electron chi connectivity index (χ1n) is 12.5. The number of hydrogen-bond acceptors (Lipinski definition) is 5. The van der Waals surface area contributed by atoms with Crippen molar-refractivity contribution in [3.8, 4) is 22.5 Å². The second kappa shape index (κ2) is 12.9. The lowest BCUT2D eigenvalue weighted by molar-refractivity contribution is -0.192. The second-order valence-corrected chi connectivity index (χ2v) is 8.98. The number of carboxylic acid groups (broad SMARTS) is 1. The van der Waals surface area contributed by atoms with Crippen molar-refractivity contribution in [1.29, 1.82) is 0 Å². The van der Waals surface area contributed by atoms with Crippen LogP contribution >= 0.6 is 0 Å². The molecule has 41 heavy (non-hydrogen) atoms. The third-order valence-corrected chi connectivity index (χ3v) is 6.03. The summed E-state index contributed by atoms with van der Waals surface area (Å²) in [5.74, 6) is -2.21. The third-order valence-electron chi connectivity index (χ3n) is 6.03. The van der Waals surface area contributed by atoms with Crippen LogP contribution in [0.3, 0.4) is 0 Å². The Balaban J connectivity index is 0.000000493. The number of ether oxygens (including phenoxy) is 1. The van der Waals surface area contributed by atoms with E-state index in [4.69, 9.17) is 19.6 Å². The summed E-state index contributed by atoms with van der Waals surface area (Å²) in [6.07, 6.45) is -5.08. The molecule has 5 aromatic rings. The number of para-hydroxylation sites is 2. The standard InChI is InChI=1S/C29H25N3O2.C2HF3O2/c1-34-29(33)25-12-5-8-21(16-25)19-30-18-20-7-4-9-22(15-20)23-10-6-11-24(17-23)28-31-26-13-2-3-14-27(26)32-28;3-2(4,5)1(6)7/h2-17,30H,18-19H2,1H3,(H,31,32);(H,6,7). The van der Waals surface area contributed by atoms with Crippen LogP contribution in [0.5, 0.6) is 0 Å². The number of aromatic nitrogens is 2. The van der Waals surface area contributed by atoms with Gasteiger partial charge in [0, 0.05) is 18.7 Å². The quantitative estimate of drug-likeness (QED) is 0.193. The highest BCUT2D eigenvalue weighted by molar-refractivity contribution is 5.89. The van der Waals surface area contributed by atoms with Gasteiger partial charge >= 0.3 is 18.1 Å². The number of alkyl halides is 3. The Hall–Kier alpha value is -4.96. The van der Waals surface area contributed by atoms with E-state index < -0.39 is 12.1 Å². The van der Waals surface area contributed by atoms with Crippen LogP contribution in [-0.4, -0.2) is 40.3 Å². The average molecular weight is 562 g/mol. The van der Waals surface area contributed by atoms with Crippen LogP contribution in [0, 0.1) is 0 Å². The number of methoxy groups -OCH3 is 1. The molecule has 210 valence electrons. The Morgan fingerprint density at radius 3 is 2.07 bits per heavy atom. The summed E-state index contributed by atoms with van der Waals surface area (Å²) < 4.78 is 36.5.